The number of aliphatic hydroxyl groups is 1. The van der Waals surface area contributed by atoms with Gasteiger partial charge in [-0.25, -0.2) is 8.42 Å². The Bertz CT molecular complexity index is 1210. The fourth-order valence-electron chi connectivity index (χ4n) is 6.26. The van der Waals surface area contributed by atoms with E-state index in [0.717, 1.165) is 30.5 Å². The molecular formula is C31H48N2O4S3. The molecule has 2 N–H and O–H groups in total. The number of nitrogens with zero attached hydrogens (tertiary/aromatic N) is 1. The zero-order chi connectivity index (χ0) is 27.4. The van der Waals surface area contributed by atoms with Crippen molar-refractivity contribution in [3.05, 3.63) is 64.7 Å². The summed E-state index contributed by atoms with van der Waals surface area (Å²) in [5, 5.41) is 12.7. The Labute approximate surface area is 255 Å². The van der Waals surface area contributed by atoms with Gasteiger partial charge in [0.2, 0.25) is 0 Å². The quantitative estimate of drug-likeness (QED) is 0.351. The fourth-order valence-corrected chi connectivity index (χ4v) is 7.14. The zero-order valence-corrected chi connectivity index (χ0v) is 27.1. The van der Waals surface area contributed by atoms with Crippen molar-refractivity contribution in [1.82, 2.24) is 10.2 Å². The van der Waals surface area contributed by atoms with E-state index >= 15 is 0 Å². The third-order valence-corrected chi connectivity index (χ3v) is 10.2. The average molecular weight is 609 g/mol. The van der Waals surface area contributed by atoms with E-state index in [2.05, 4.69) is 37.1 Å². The topological polar surface area (TPSA) is 86.7 Å². The molecule has 9 heteroatoms. The molecule has 4 rings (SSSR count). The van der Waals surface area contributed by atoms with Crippen LogP contribution in [0.2, 0.25) is 0 Å². The molecule has 2 aromatic rings. The summed E-state index contributed by atoms with van der Waals surface area (Å²) >= 11 is 0. The lowest BCUT2D eigenvalue weighted by atomic mass is 9.82. The summed E-state index contributed by atoms with van der Waals surface area (Å²) in [6, 6.07) is 12.7. The van der Waals surface area contributed by atoms with Crippen LogP contribution in [-0.2, 0) is 16.4 Å². The Balaban J connectivity index is 0.00000280. The van der Waals surface area contributed by atoms with Gasteiger partial charge in [0, 0.05) is 31.3 Å². The Hall–Kier alpha value is -1.52. The minimum Gasteiger partial charge on any atom is -0.396 e. The smallest absolute Gasteiger partial charge is 0.251 e. The van der Waals surface area contributed by atoms with E-state index in [1.807, 2.05) is 12.1 Å². The molecule has 2 aliphatic rings. The van der Waals surface area contributed by atoms with Crippen molar-refractivity contribution < 1.29 is 18.3 Å². The number of carbonyl (C=O) groups excluding carboxylic acids is 1. The van der Waals surface area contributed by atoms with Gasteiger partial charge in [-0.05, 0) is 78.0 Å². The Kier molecular flexibility index (Phi) is 13.1. The molecule has 40 heavy (non-hydrogen) atoms. The van der Waals surface area contributed by atoms with Gasteiger partial charge in [0.25, 0.3) is 5.91 Å². The molecular weight excluding hydrogens is 561 g/mol. The summed E-state index contributed by atoms with van der Waals surface area (Å²) in [4.78, 5) is 16.2. The second kappa shape index (κ2) is 15.1. The molecule has 1 aliphatic carbocycles. The first-order chi connectivity index (χ1) is 18.1. The van der Waals surface area contributed by atoms with E-state index in [9.17, 15) is 18.3 Å². The first-order valence-electron chi connectivity index (χ1n) is 14.2. The van der Waals surface area contributed by atoms with Crippen molar-refractivity contribution >= 4 is 42.7 Å². The largest absolute Gasteiger partial charge is 0.396 e. The SMILES string of the molecule is CCS(=O)(=O)c1ccc([C@H](CCO)NC(=O)c2ccc3c(c2)CN(CC2CCC(C)CC2)[C@H]3C(C)C)cc1.S.S. The Morgan fingerprint density at radius 1 is 1.05 bits per heavy atom. The van der Waals surface area contributed by atoms with E-state index in [0.29, 0.717) is 23.9 Å². The van der Waals surface area contributed by atoms with Crippen LogP contribution < -0.4 is 5.32 Å². The maximum atomic E-state index is 13.3. The first-order valence-corrected chi connectivity index (χ1v) is 15.9. The number of nitrogens with one attached hydrogen (secondary N) is 1. The van der Waals surface area contributed by atoms with Crippen LogP contribution in [0.25, 0.3) is 0 Å². The lowest BCUT2D eigenvalue weighted by molar-refractivity contribution is 0.0929. The summed E-state index contributed by atoms with van der Waals surface area (Å²) in [6.07, 6.45) is 5.62. The molecule has 1 saturated carbocycles. The van der Waals surface area contributed by atoms with Crippen molar-refractivity contribution in [2.75, 3.05) is 18.9 Å². The maximum Gasteiger partial charge on any atom is 0.251 e. The summed E-state index contributed by atoms with van der Waals surface area (Å²) < 4.78 is 24.3. The molecule has 1 amide bonds. The molecule has 0 radical (unpaired) electrons. The number of fused-ring (bicyclic) bond motifs is 1. The van der Waals surface area contributed by atoms with Crippen LogP contribution in [0, 0.1) is 17.8 Å². The van der Waals surface area contributed by atoms with E-state index in [1.54, 1.807) is 31.2 Å². The van der Waals surface area contributed by atoms with Crippen LogP contribution in [0.5, 0.6) is 0 Å². The second-order valence-corrected chi connectivity index (χ2v) is 13.9. The summed E-state index contributed by atoms with van der Waals surface area (Å²) in [6.45, 7) is 10.5. The highest BCUT2D eigenvalue weighted by Crippen LogP contribution is 2.41. The Morgan fingerprint density at radius 2 is 1.70 bits per heavy atom. The minimum atomic E-state index is -3.29. The van der Waals surface area contributed by atoms with Gasteiger partial charge in [0.15, 0.2) is 9.84 Å². The molecule has 1 aliphatic heterocycles. The highest BCUT2D eigenvalue weighted by atomic mass is 32.2. The number of benzene rings is 2. The Morgan fingerprint density at radius 3 is 2.27 bits per heavy atom. The van der Waals surface area contributed by atoms with E-state index in [4.69, 9.17) is 0 Å². The zero-order valence-electron chi connectivity index (χ0n) is 24.3. The van der Waals surface area contributed by atoms with Gasteiger partial charge in [-0.2, -0.15) is 27.0 Å². The number of sulfone groups is 1. The molecule has 0 bridgehead atoms. The van der Waals surface area contributed by atoms with Crippen molar-refractivity contribution in [3.63, 3.8) is 0 Å². The highest BCUT2D eigenvalue weighted by molar-refractivity contribution is 7.91. The molecule has 1 heterocycles. The number of hydrogen-bond acceptors (Lipinski definition) is 5. The van der Waals surface area contributed by atoms with Crippen molar-refractivity contribution in [2.45, 2.75) is 83.3 Å². The number of aliphatic hydroxyl groups excluding tert-OH is 1. The van der Waals surface area contributed by atoms with E-state index in [-0.39, 0.29) is 50.2 Å². The molecule has 0 aromatic heterocycles. The third kappa shape index (κ3) is 8.06. The molecule has 6 nitrogen and oxygen atoms in total. The predicted molar refractivity (Wildman–Crippen MR) is 172 cm³/mol. The lowest BCUT2D eigenvalue weighted by Gasteiger charge is -2.34. The number of carbonyl (C=O) groups is 1. The molecule has 2 aromatic carbocycles. The second-order valence-electron chi connectivity index (χ2n) is 11.7. The number of rotatable bonds is 10. The van der Waals surface area contributed by atoms with E-state index in [1.165, 1.54) is 36.8 Å². The van der Waals surface area contributed by atoms with Crippen molar-refractivity contribution in [2.24, 2.45) is 17.8 Å². The van der Waals surface area contributed by atoms with Gasteiger partial charge in [0.1, 0.15) is 0 Å². The molecule has 1 fully saturated rings. The van der Waals surface area contributed by atoms with Crippen molar-refractivity contribution in [1.29, 1.82) is 0 Å². The van der Waals surface area contributed by atoms with Gasteiger partial charge in [-0.1, -0.05) is 58.7 Å². The molecule has 224 valence electrons. The third-order valence-electron chi connectivity index (χ3n) is 8.49. The number of hydrogen-bond donors (Lipinski definition) is 2. The van der Waals surface area contributed by atoms with Crippen molar-refractivity contribution in [3.8, 4) is 0 Å². The van der Waals surface area contributed by atoms with Crippen LogP contribution in [-0.4, -0.2) is 43.2 Å². The first kappa shape index (κ1) is 34.7. The van der Waals surface area contributed by atoms with Crippen LogP contribution in [0.15, 0.2) is 47.4 Å². The summed E-state index contributed by atoms with van der Waals surface area (Å²) in [5.74, 6) is 1.95. The lowest BCUT2D eigenvalue weighted by Crippen LogP contribution is -2.32. The summed E-state index contributed by atoms with van der Waals surface area (Å²) in [7, 11) is -3.29. The fraction of sp³-hybridized carbons (Fsp3) is 0.581. The average Bonchev–Trinajstić information content (AvgIpc) is 3.27. The van der Waals surface area contributed by atoms with Crippen LogP contribution in [0.4, 0.5) is 0 Å². The highest BCUT2D eigenvalue weighted by Gasteiger charge is 2.34. The molecule has 0 spiro atoms. The standard InChI is InChI=1S/C31H44N2O4S.2H2S/c1-5-38(36,37)27-13-10-24(11-14-27)29(16-17-34)32-31(35)25-12-15-28-26(18-25)20-33(30(28)21(2)3)19-23-8-6-22(4)7-9-23;;/h10-15,18,21-23,29-30,34H,5-9,16-17,19-20H2,1-4H3,(H,32,35);2*1H2/t22?,23?,29-,30-;;/m0../s1. The minimum absolute atomic E-state index is 0. The van der Waals surface area contributed by atoms with Gasteiger partial charge >= 0.3 is 0 Å². The monoisotopic (exact) mass is 608 g/mol. The van der Waals surface area contributed by atoms with Gasteiger partial charge < -0.3 is 10.4 Å². The van der Waals surface area contributed by atoms with Crippen LogP contribution >= 0.6 is 27.0 Å². The van der Waals surface area contributed by atoms with Gasteiger partial charge in [-0.15, -0.1) is 0 Å². The number of amides is 1. The molecule has 0 saturated heterocycles. The molecule has 2 atom stereocenters. The van der Waals surface area contributed by atoms with Crippen LogP contribution in [0.1, 0.15) is 98.9 Å². The summed E-state index contributed by atoms with van der Waals surface area (Å²) in [5.41, 5.74) is 3.96. The van der Waals surface area contributed by atoms with Gasteiger partial charge in [-0.3, -0.25) is 9.69 Å². The normalized spacial score (nSPS) is 21.7. The molecule has 0 unspecified atom stereocenters. The van der Waals surface area contributed by atoms with Crippen LogP contribution in [0.3, 0.4) is 0 Å². The maximum absolute atomic E-state index is 13.3. The van der Waals surface area contributed by atoms with E-state index < -0.39 is 15.9 Å². The predicted octanol–water partition coefficient (Wildman–Crippen LogP) is 5.90. The van der Waals surface area contributed by atoms with Gasteiger partial charge in [0.05, 0.1) is 16.7 Å².